The lowest BCUT2D eigenvalue weighted by atomic mass is 9.91. The summed E-state index contributed by atoms with van der Waals surface area (Å²) in [6, 6.07) is 0. The molecule has 120 valence electrons. The topological polar surface area (TPSA) is 84.0 Å². The average Bonchev–Trinajstić information content (AvgIpc) is 3.13. The summed E-state index contributed by atoms with van der Waals surface area (Å²) in [5, 5.41) is 0. The van der Waals surface area contributed by atoms with Gasteiger partial charge in [-0.3, -0.25) is 24.1 Å². The van der Waals surface area contributed by atoms with E-state index in [0.717, 1.165) is 24.2 Å². The Morgan fingerprint density at radius 2 is 1.77 bits per heavy atom. The van der Waals surface area contributed by atoms with Gasteiger partial charge in [-0.2, -0.15) is 0 Å². The number of piperidine rings is 1. The second-order valence-corrected chi connectivity index (χ2v) is 6.40. The molecule has 1 saturated carbocycles. The van der Waals surface area contributed by atoms with Crippen molar-refractivity contribution in [3.63, 3.8) is 0 Å². The van der Waals surface area contributed by atoms with Crippen molar-refractivity contribution in [2.24, 2.45) is 11.3 Å². The molecule has 2 saturated heterocycles. The van der Waals surface area contributed by atoms with Gasteiger partial charge in [0, 0.05) is 25.9 Å². The third-order valence-electron chi connectivity index (χ3n) is 5.24. The van der Waals surface area contributed by atoms with Crippen LogP contribution in [0.3, 0.4) is 0 Å². The minimum atomic E-state index is -0.264. The van der Waals surface area contributed by atoms with E-state index in [2.05, 4.69) is 0 Å². The van der Waals surface area contributed by atoms with Gasteiger partial charge >= 0.3 is 5.97 Å². The Morgan fingerprint density at radius 1 is 1.18 bits per heavy atom. The van der Waals surface area contributed by atoms with E-state index < -0.39 is 0 Å². The molecular formula is C15H20N2O5. The highest BCUT2D eigenvalue weighted by Crippen LogP contribution is 2.59. The molecule has 22 heavy (non-hydrogen) atoms. The first-order valence-electron chi connectivity index (χ1n) is 7.66. The first kappa shape index (κ1) is 15.0. The first-order chi connectivity index (χ1) is 10.5. The zero-order chi connectivity index (χ0) is 15.9. The van der Waals surface area contributed by atoms with Gasteiger partial charge < -0.3 is 9.64 Å². The minimum Gasteiger partial charge on any atom is -0.469 e. The molecule has 3 fully saturated rings. The summed E-state index contributed by atoms with van der Waals surface area (Å²) in [5.41, 5.74) is 0.00313. The second kappa shape index (κ2) is 5.37. The Bertz CT molecular complexity index is 520. The van der Waals surface area contributed by atoms with E-state index in [1.807, 2.05) is 0 Å². The summed E-state index contributed by atoms with van der Waals surface area (Å²) in [6.07, 6.45) is 2.80. The Kier molecular flexibility index (Phi) is 3.66. The molecule has 7 heteroatoms. The van der Waals surface area contributed by atoms with Crippen molar-refractivity contribution < 1.29 is 23.9 Å². The van der Waals surface area contributed by atoms with Crippen LogP contribution in [0.25, 0.3) is 0 Å². The van der Waals surface area contributed by atoms with E-state index in [1.54, 1.807) is 4.90 Å². The number of carbonyl (C=O) groups excluding carboxylic acids is 4. The van der Waals surface area contributed by atoms with Gasteiger partial charge in [-0.15, -0.1) is 0 Å². The molecule has 2 aliphatic heterocycles. The number of nitrogens with zero attached hydrogens (tertiary/aromatic N) is 2. The first-order valence-corrected chi connectivity index (χ1v) is 7.66. The van der Waals surface area contributed by atoms with Crippen molar-refractivity contribution in [3.8, 4) is 0 Å². The molecule has 0 aromatic carbocycles. The third-order valence-corrected chi connectivity index (χ3v) is 5.24. The summed E-state index contributed by atoms with van der Waals surface area (Å²) in [7, 11) is 1.40. The maximum absolute atomic E-state index is 12.2. The Hall–Kier alpha value is -1.92. The highest BCUT2D eigenvalue weighted by Gasteiger charge is 2.59. The predicted octanol–water partition coefficient (Wildman–Crippen LogP) is -0.0629. The summed E-state index contributed by atoms with van der Waals surface area (Å²) >= 11 is 0. The van der Waals surface area contributed by atoms with E-state index in [9.17, 15) is 19.2 Å². The quantitative estimate of drug-likeness (QED) is 0.538. The van der Waals surface area contributed by atoms with Crippen LogP contribution in [0.5, 0.6) is 0 Å². The number of ether oxygens (including phenoxy) is 1. The van der Waals surface area contributed by atoms with E-state index in [-0.39, 0.29) is 54.4 Å². The van der Waals surface area contributed by atoms with Gasteiger partial charge in [0.2, 0.25) is 17.7 Å². The van der Waals surface area contributed by atoms with Crippen LogP contribution in [-0.4, -0.2) is 60.2 Å². The Morgan fingerprint density at radius 3 is 2.32 bits per heavy atom. The number of hydrogen-bond donors (Lipinski definition) is 0. The SMILES string of the molecule is COC(=O)C1CC12CCN(C(=O)CN1C(=O)CCC1=O)CC2. The molecule has 0 bridgehead atoms. The molecule has 0 radical (unpaired) electrons. The number of esters is 1. The van der Waals surface area contributed by atoms with E-state index in [1.165, 1.54) is 7.11 Å². The third kappa shape index (κ3) is 2.48. The van der Waals surface area contributed by atoms with Gasteiger partial charge in [-0.25, -0.2) is 0 Å². The van der Waals surface area contributed by atoms with Gasteiger partial charge in [0.05, 0.1) is 13.0 Å². The normalized spacial score (nSPS) is 26.5. The molecule has 3 rings (SSSR count). The number of imide groups is 1. The Labute approximate surface area is 128 Å². The number of amides is 3. The van der Waals surface area contributed by atoms with Crippen molar-refractivity contribution in [3.05, 3.63) is 0 Å². The Balaban J connectivity index is 1.52. The summed E-state index contributed by atoms with van der Waals surface area (Å²) in [6.45, 7) is 0.996. The van der Waals surface area contributed by atoms with Crippen LogP contribution in [-0.2, 0) is 23.9 Å². The molecule has 2 heterocycles. The van der Waals surface area contributed by atoms with Crippen LogP contribution in [0.2, 0.25) is 0 Å². The summed E-state index contributed by atoms with van der Waals surface area (Å²) in [4.78, 5) is 49.7. The molecule has 0 aromatic rings. The standard InChI is InChI=1S/C15H20N2O5/c1-22-14(21)10-8-15(10)4-6-16(7-5-15)13(20)9-17-11(18)2-3-12(17)19/h10H,2-9H2,1H3. The maximum atomic E-state index is 12.2. The molecule has 3 aliphatic rings. The van der Waals surface area contributed by atoms with E-state index in [0.29, 0.717) is 13.1 Å². The highest BCUT2D eigenvalue weighted by atomic mass is 16.5. The second-order valence-electron chi connectivity index (χ2n) is 6.40. The fourth-order valence-corrected chi connectivity index (χ4v) is 3.61. The minimum absolute atomic E-state index is 0.00313. The number of methoxy groups -OCH3 is 1. The van der Waals surface area contributed by atoms with Crippen molar-refractivity contribution in [1.82, 2.24) is 9.80 Å². The molecule has 0 aromatic heterocycles. The maximum Gasteiger partial charge on any atom is 0.309 e. The fraction of sp³-hybridized carbons (Fsp3) is 0.733. The number of carbonyl (C=O) groups is 4. The van der Waals surface area contributed by atoms with Crippen LogP contribution in [0.15, 0.2) is 0 Å². The summed E-state index contributed by atoms with van der Waals surface area (Å²) in [5.74, 6) is -0.905. The number of likely N-dealkylation sites (tertiary alicyclic amines) is 2. The van der Waals surface area contributed by atoms with Crippen molar-refractivity contribution in [2.75, 3.05) is 26.7 Å². The summed E-state index contributed by atoms with van der Waals surface area (Å²) < 4.78 is 4.79. The lowest BCUT2D eigenvalue weighted by molar-refractivity contribution is -0.147. The van der Waals surface area contributed by atoms with Crippen molar-refractivity contribution >= 4 is 23.7 Å². The highest BCUT2D eigenvalue weighted by molar-refractivity contribution is 6.04. The lowest BCUT2D eigenvalue weighted by Gasteiger charge is -2.33. The van der Waals surface area contributed by atoms with Gasteiger partial charge in [-0.05, 0) is 24.7 Å². The molecule has 1 spiro atoms. The number of rotatable bonds is 3. The van der Waals surface area contributed by atoms with Crippen LogP contribution >= 0.6 is 0 Å². The molecule has 1 unspecified atom stereocenters. The molecule has 7 nitrogen and oxygen atoms in total. The van der Waals surface area contributed by atoms with Crippen LogP contribution in [0, 0.1) is 11.3 Å². The zero-order valence-electron chi connectivity index (χ0n) is 12.7. The van der Waals surface area contributed by atoms with Crippen LogP contribution in [0.1, 0.15) is 32.1 Å². The van der Waals surface area contributed by atoms with Gasteiger partial charge in [0.15, 0.2) is 0 Å². The van der Waals surface area contributed by atoms with Gasteiger partial charge in [-0.1, -0.05) is 0 Å². The van der Waals surface area contributed by atoms with Crippen LogP contribution in [0.4, 0.5) is 0 Å². The van der Waals surface area contributed by atoms with E-state index in [4.69, 9.17) is 4.74 Å². The lowest BCUT2D eigenvalue weighted by Crippen LogP contribution is -2.46. The fourth-order valence-electron chi connectivity index (χ4n) is 3.61. The van der Waals surface area contributed by atoms with Crippen molar-refractivity contribution in [1.29, 1.82) is 0 Å². The zero-order valence-corrected chi connectivity index (χ0v) is 12.7. The molecule has 1 atom stereocenters. The van der Waals surface area contributed by atoms with Crippen molar-refractivity contribution in [2.45, 2.75) is 32.1 Å². The van der Waals surface area contributed by atoms with Gasteiger partial charge in [0.25, 0.3) is 0 Å². The van der Waals surface area contributed by atoms with E-state index >= 15 is 0 Å². The molecule has 3 amide bonds. The average molecular weight is 308 g/mol. The smallest absolute Gasteiger partial charge is 0.309 e. The van der Waals surface area contributed by atoms with Crippen LogP contribution < -0.4 is 0 Å². The molecule has 0 N–H and O–H groups in total. The van der Waals surface area contributed by atoms with Gasteiger partial charge in [0.1, 0.15) is 6.54 Å². The number of hydrogen-bond acceptors (Lipinski definition) is 5. The predicted molar refractivity (Wildman–Crippen MR) is 74.3 cm³/mol. The largest absolute Gasteiger partial charge is 0.469 e. The monoisotopic (exact) mass is 308 g/mol. The molecule has 1 aliphatic carbocycles. The molecular weight excluding hydrogens is 288 g/mol.